The first-order chi connectivity index (χ1) is 13.6. The van der Waals surface area contributed by atoms with E-state index in [0.717, 1.165) is 44.4 Å². The summed E-state index contributed by atoms with van der Waals surface area (Å²) in [6.07, 6.45) is 1.59. The van der Waals surface area contributed by atoms with E-state index in [4.69, 9.17) is 4.52 Å². The highest BCUT2D eigenvalue weighted by Gasteiger charge is 2.20. The van der Waals surface area contributed by atoms with Gasteiger partial charge in [0, 0.05) is 58.9 Å². The molecule has 1 aromatic carbocycles. The van der Waals surface area contributed by atoms with Gasteiger partial charge in [-0.15, -0.1) is 0 Å². The summed E-state index contributed by atoms with van der Waals surface area (Å²) in [5.74, 6) is 0.778. The van der Waals surface area contributed by atoms with Gasteiger partial charge in [0.2, 0.25) is 10.0 Å². The third kappa shape index (κ3) is 5.54. The molecule has 0 atom stereocenters. The largest absolute Gasteiger partial charge is 0.364 e. The molecule has 10 heteroatoms. The summed E-state index contributed by atoms with van der Waals surface area (Å²) in [6, 6.07) is 10.2. The smallest absolute Gasteiger partial charge is 0.240 e. The van der Waals surface area contributed by atoms with E-state index in [2.05, 4.69) is 30.0 Å². The fourth-order valence-corrected chi connectivity index (χ4v) is 4.09. The van der Waals surface area contributed by atoms with Gasteiger partial charge in [-0.3, -0.25) is 9.89 Å². The molecule has 0 spiro atoms. The predicted molar refractivity (Wildman–Crippen MR) is 106 cm³/mol. The summed E-state index contributed by atoms with van der Waals surface area (Å²) in [5.41, 5.74) is 0.932. The summed E-state index contributed by atoms with van der Waals surface area (Å²) >= 11 is 0. The third-order valence-electron chi connectivity index (χ3n) is 4.51. The molecule has 28 heavy (non-hydrogen) atoms. The number of piperazine rings is 1. The lowest BCUT2D eigenvalue weighted by Crippen LogP contribution is -2.53. The lowest BCUT2D eigenvalue weighted by atomic mass is 10.3. The second kappa shape index (κ2) is 9.67. The SMILES string of the molecule is CN=C(NCCNS(=O)(=O)c1ccccc1)N1CCN(Cc2ccon2)CC1. The van der Waals surface area contributed by atoms with Crippen molar-refractivity contribution in [3.63, 3.8) is 0 Å². The number of hydrogen-bond donors (Lipinski definition) is 2. The monoisotopic (exact) mass is 406 g/mol. The summed E-state index contributed by atoms with van der Waals surface area (Å²) in [4.78, 5) is 9.07. The van der Waals surface area contributed by atoms with Crippen molar-refractivity contribution < 1.29 is 12.9 Å². The number of nitrogens with zero attached hydrogens (tertiary/aromatic N) is 4. The van der Waals surface area contributed by atoms with E-state index in [0.29, 0.717) is 6.54 Å². The molecule has 1 aliphatic rings. The van der Waals surface area contributed by atoms with Crippen LogP contribution in [-0.4, -0.2) is 75.7 Å². The van der Waals surface area contributed by atoms with Crippen LogP contribution in [0.4, 0.5) is 0 Å². The van der Waals surface area contributed by atoms with E-state index >= 15 is 0 Å². The molecule has 1 saturated heterocycles. The number of sulfonamides is 1. The first kappa shape index (κ1) is 20.3. The molecule has 152 valence electrons. The van der Waals surface area contributed by atoms with Gasteiger partial charge in [-0.25, -0.2) is 13.1 Å². The Kier molecular flexibility index (Phi) is 7.01. The van der Waals surface area contributed by atoms with Gasteiger partial charge < -0.3 is 14.7 Å². The molecule has 1 aromatic heterocycles. The minimum Gasteiger partial charge on any atom is -0.364 e. The van der Waals surface area contributed by atoms with Crippen LogP contribution in [0.5, 0.6) is 0 Å². The fraction of sp³-hybridized carbons (Fsp3) is 0.444. The van der Waals surface area contributed by atoms with Crippen LogP contribution in [0.1, 0.15) is 5.69 Å². The summed E-state index contributed by atoms with van der Waals surface area (Å²) in [6.45, 7) is 4.99. The summed E-state index contributed by atoms with van der Waals surface area (Å²) in [7, 11) is -1.75. The zero-order chi connectivity index (χ0) is 19.8. The van der Waals surface area contributed by atoms with Crippen molar-refractivity contribution in [1.82, 2.24) is 25.0 Å². The number of aromatic nitrogens is 1. The highest BCUT2D eigenvalue weighted by atomic mass is 32.2. The van der Waals surface area contributed by atoms with Crippen molar-refractivity contribution in [2.75, 3.05) is 46.3 Å². The maximum Gasteiger partial charge on any atom is 0.240 e. The standard InChI is InChI=1S/C18H26N6O3S/c1-19-18(20-8-9-21-28(25,26)17-5-3-2-4-6-17)24-12-10-23(11-13-24)15-16-7-14-27-22-16/h2-7,14,21H,8-13,15H2,1H3,(H,19,20). The molecule has 3 rings (SSSR count). The van der Waals surface area contributed by atoms with E-state index in [-0.39, 0.29) is 11.4 Å². The van der Waals surface area contributed by atoms with Gasteiger partial charge in [-0.05, 0) is 12.1 Å². The van der Waals surface area contributed by atoms with Crippen molar-refractivity contribution in [2.24, 2.45) is 4.99 Å². The third-order valence-corrected chi connectivity index (χ3v) is 5.99. The number of benzene rings is 1. The molecule has 0 bridgehead atoms. The number of rotatable bonds is 7. The van der Waals surface area contributed by atoms with Crippen LogP contribution in [0.15, 0.2) is 57.1 Å². The van der Waals surface area contributed by atoms with Crippen molar-refractivity contribution >= 4 is 16.0 Å². The Bertz CT molecular complexity index is 847. The van der Waals surface area contributed by atoms with E-state index in [1.54, 1.807) is 43.6 Å². The summed E-state index contributed by atoms with van der Waals surface area (Å²) < 4.78 is 31.9. The minimum atomic E-state index is -3.49. The molecule has 0 unspecified atom stereocenters. The Hall–Kier alpha value is -2.43. The topological polar surface area (TPSA) is 103 Å². The first-order valence-electron chi connectivity index (χ1n) is 9.20. The van der Waals surface area contributed by atoms with Crippen LogP contribution in [0, 0.1) is 0 Å². The van der Waals surface area contributed by atoms with Gasteiger partial charge in [0.05, 0.1) is 10.6 Å². The number of hydrogen-bond acceptors (Lipinski definition) is 6. The molecule has 0 amide bonds. The molecular weight excluding hydrogens is 380 g/mol. The van der Waals surface area contributed by atoms with Crippen LogP contribution in [0.2, 0.25) is 0 Å². The second-order valence-electron chi connectivity index (χ2n) is 6.44. The molecule has 1 fully saturated rings. The Morgan fingerprint density at radius 2 is 1.89 bits per heavy atom. The lowest BCUT2D eigenvalue weighted by molar-refractivity contribution is 0.169. The Labute approximate surface area is 165 Å². The molecule has 9 nitrogen and oxygen atoms in total. The van der Waals surface area contributed by atoms with E-state index < -0.39 is 10.0 Å². The Balaban J connectivity index is 1.40. The maximum atomic E-state index is 12.2. The first-order valence-corrected chi connectivity index (χ1v) is 10.7. The zero-order valence-electron chi connectivity index (χ0n) is 15.9. The van der Waals surface area contributed by atoms with Crippen molar-refractivity contribution in [3.05, 3.63) is 48.4 Å². The van der Waals surface area contributed by atoms with Gasteiger partial charge in [0.25, 0.3) is 0 Å². The molecule has 2 heterocycles. The number of guanidine groups is 1. The van der Waals surface area contributed by atoms with Crippen LogP contribution >= 0.6 is 0 Å². The quantitative estimate of drug-likeness (QED) is 0.388. The minimum absolute atomic E-state index is 0.266. The molecule has 2 N–H and O–H groups in total. The number of aliphatic imine (C=N–C) groups is 1. The van der Waals surface area contributed by atoms with Crippen molar-refractivity contribution in [3.8, 4) is 0 Å². The summed E-state index contributed by atoms with van der Waals surface area (Å²) in [5, 5.41) is 7.18. The van der Waals surface area contributed by atoms with E-state index in [1.165, 1.54) is 0 Å². The van der Waals surface area contributed by atoms with Gasteiger partial charge in [0.1, 0.15) is 6.26 Å². The van der Waals surface area contributed by atoms with Crippen LogP contribution < -0.4 is 10.0 Å². The highest BCUT2D eigenvalue weighted by Crippen LogP contribution is 2.08. The highest BCUT2D eigenvalue weighted by molar-refractivity contribution is 7.89. The molecule has 0 radical (unpaired) electrons. The van der Waals surface area contributed by atoms with Crippen molar-refractivity contribution in [2.45, 2.75) is 11.4 Å². The lowest BCUT2D eigenvalue weighted by Gasteiger charge is -2.36. The normalized spacial score (nSPS) is 16.3. The van der Waals surface area contributed by atoms with Gasteiger partial charge >= 0.3 is 0 Å². The molecule has 0 aliphatic carbocycles. The van der Waals surface area contributed by atoms with E-state index in [1.807, 2.05) is 6.07 Å². The maximum absolute atomic E-state index is 12.2. The second-order valence-corrected chi connectivity index (χ2v) is 8.21. The Morgan fingerprint density at radius 3 is 2.54 bits per heavy atom. The molecule has 1 aliphatic heterocycles. The number of nitrogens with one attached hydrogen (secondary N) is 2. The zero-order valence-corrected chi connectivity index (χ0v) is 16.7. The Morgan fingerprint density at radius 1 is 1.14 bits per heavy atom. The van der Waals surface area contributed by atoms with Crippen LogP contribution in [-0.2, 0) is 16.6 Å². The molecular formula is C18H26N6O3S. The van der Waals surface area contributed by atoms with Gasteiger partial charge in [0.15, 0.2) is 5.96 Å². The molecule has 2 aromatic rings. The van der Waals surface area contributed by atoms with E-state index in [9.17, 15) is 8.42 Å². The van der Waals surface area contributed by atoms with Gasteiger partial charge in [-0.2, -0.15) is 0 Å². The average Bonchev–Trinajstić information content (AvgIpc) is 3.23. The van der Waals surface area contributed by atoms with Crippen LogP contribution in [0.25, 0.3) is 0 Å². The van der Waals surface area contributed by atoms with Gasteiger partial charge in [-0.1, -0.05) is 23.4 Å². The predicted octanol–water partition coefficient (Wildman–Crippen LogP) is 0.346. The van der Waals surface area contributed by atoms with Crippen molar-refractivity contribution in [1.29, 1.82) is 0 Å². The average molecular weight is 407 g/mol. The van der Waals surface area contributed by atoms with Crippen LogP contribution in [0.3, 0.4) is 0 Å². The fourth-order valence-electron chi connectivity index (χ4n) is 3.04. The molecule has 0 saturated carbocycles.